The van der Waals surface area contributed by atoms with Crippen LogP contribution in [-0.4, -0.2) is 16.6 Å². The lowest BCUT2D eigenvalue weighted by Crippen LogP contribution is -2.33. The Hall–Kier alpha value is -1.17. The van der Waals surface area contributed by atoms with Gasteiger partial charge in [-0.1, -0.05) is 17.7 Å². The highest BCUT2D eigenvalue weighted by molar-refractivity contribution is 7.80. The van der Waals surface area contributed by atoms with E-state index >= 15 is 0 Å². The third-order valence-corrected chi connectivity index (χ3v) is 5.16. The summed E-state index contributed by atoms with van der Waals surface area (Å²) in [6, 6.07) is 9.08. The molecule has 0 saturated carbocycles. The van der Waals surface area contributed by atoms with E-state index in [4.69, 9.17) is 23.8 Å². The second-order valence-electron chi connectivity index (χ2n) is 4.93. The number of nitrogens with zero attached hydrogens (tertiary/aromatic N) is 1. The third kappa shape index (κ3) is 3.20. The summed E-state index contributed by atoms with van der Waals surface area (Å²) in [5, 5.41) is 6.00. The number of thiocarbonyl (C=S) groups is 1. The number of nitrogens with one attached hydrogen (secondary N) is 1. The molecule has 3 rings (SSSR count). The lowest BCUT2D eigenvalue weighted by molar-refractivity contribution is 0.412. The van der Waals surface area contributed by atoms with Crippen molar-refractivity contribution in [3.8, 4) is 0 Å². The molecular formula is C15H14ClFN2S2. The SMILES string of the molecule is Fc1ccc(NC(=S)N2CCC[C@H]2c2cccs2)cc1Cl. The monoisotopic (exact) mass is 340 g/mol. The van der Waals surface area contributed by atoms with E-state index in [9.17, 15) is 4.39 Å². The van der Waals surface area contributed by atoms with E-state index in [2.05, 4.69) is 27.7 Å². The van der Waals surface area contributed by atoms with E-state index in [1.807, 2.05) is 0 Å². The van der Waals surface area contributed by atoms with Crippen molar-refractivity contribution in [3.63, 3.8) is 0 Å². The van der Waals surface area contributed by atoms with Gasteiger partial charge in [0.25, 0.3) is 0 Å². The predicted octanol–water partition coefficient (Wildman–Crippen LogP) is 5.07. The first-order valence-corrected chi connectivity index (χ1v) is 8.38. The van der Waals surface area contributed by atoms with Gasteiger partial charge in [-0.05, 0) is 54.7 Å². The molecule has 21 heavy (non-hydrogen) atoms. The maximum Gasteiger partial charge on any atom is 0.173 e. The Balaban J connectivity index is 1.73. The Morgan fingerprint density at radius 2 is 2.29 bits per heavy atom. The molecule has 6 heteroatoms. The highest BCUT2D eigenvalue weighted by atomic mass is 35.5. The zero-order valence-electron chi connectivity index (χ0n) is 11.2. The van der Waals surface area contributed by atoms with Crippen LogP contribution in [0.25, 0.3) is 0 Å². The summed E-state index contributed by atoms with van der Waals surface area (Å²) in [7, 11) is 0. The van der Waals surface area contributed by atoms with Crippen LogP contribution in [0.1, 0.15) is 23.8 Å². The van der Waals surface area contributed by atoms with Gasteiger partial charge in [-0.2, -0.15) is 0 Å². The van der Waals surface area contributed by atoms with E-state index in [1.165, 1.54) is 10.9 Å². The quantitative estimate of drug-likeness (QED) is 0.768. The molecule has 0 radical (unpaired) electrons. The smallest absolute Gasteiger partial charge is 0.173 e. The summed E-state index contributed by atoms with van der Waals surface area (Å²) in [6.45, 7) is 0.934. The molecule has 0 spiro atoms. The minimum Gasteiger partial charge on any atom is -0.341 e. The number of likely N-dealkylation sites (tertiary alicyclic amines) is 1. The van der Waals surface area contributed by atoms with Gasteiger partial charge in [-0.25, -0.2) is 4.39 Å². The summed E-state index contributed by atoms with van der Waals surface area (Å²) in [4.78, 5) is 3.52. The molecule has 1 N–H and O–H groups in total. The van der Waals surface area contributed by atoms with Gasteiger partial charge in [0.2, 0.25) is 0 Å². The summed E-state index contributed by atoms with van der Waals surface area (Å²) in [5.74, 6) is -0.425. The molecule has 1 aliphatic rings. The van der Waals surface area contributed by atoms with Gasteiger partial charge in [0.05, 0.1) is 11.1 Å². The Kier molecular flexibility index (Phi) is 4.42. The molecule has 1 fully saturated rings. The molecule has 0 aliphatic carbocycles. The Morgan fingerprint density at radius 3 is 3.00 bits per heavy atom. The number of hydrogen-bond donors (Lipinski definition) is 1. The minimum absolute atomic E-state index is 0.0963. The van der Waals surface area contributed by atoms with Crippen LogP contribution in [0.15, 0.2) is 35.7 Å². The van der Waals surface area contributed by atoms with Crippen LogP contribution < -0.4 is 5.32 Å². The van der Waals surface area contributed by atoms with Crippen LogP contribution in [-0.2, 0) is 0 Å². The first-order chi connectivity index (χ1) is 10.1. The number of hydrogen-bond acceptors (Lipinski definition) is 2. The van der Waals surface area contributed by atoms with Crippen molar-refractivity contribution >= 4 is 46.0 Å². The molecule has 0 unspecified atom stereocenters. The van der Waals surface area contributed by atoms with Crippen LogP contribution in [0.3, 0.4) is 0 Å². The topological polar surface area (TPSA) is 15.3 Å². The maximum absolute atomic E-state index is 13.2. The van der Waals surface area contributed by atoms with Gasteiger partial charge < -0.3 is 10.2 Å². The van der Waals surface area contributed by atoms with Crippen molar-refractivity contribution in [2.24, 2.45) is 0 Å². The lowest BCUT2D eigenvalue weighted by atomic mass is 10.2. The Bertz CT molecular complexity index is 645. The molecule has 1 aromatic heterocycles. The van der Waals surface area contributed by atoms with Crippen molar-refractivity contribution in [3.05, 3.63) is 51.4 Å². The van der Waals surface area contributed by atoms with E-state index in [1.54, 1.807) is 23.5 Å². The zero-order valence-corrected chi connectivity index (χ0v) is 13.6. The third-order valence-electron chi connectivity index (χ3n) is 3.56. The van der Waals surface area contributed by atoms with Gasteiger partial charge in [0.15, 0.2) is 5.11 Å². The molecule has 1 saturated heterocycles. The molecule has 2 aromatic rings. The van der Waals surface area contributed by atoms with Gasteiger partial charge in [-0.15, -0.1) is 11.3 Å². The normalized spacial score (nSPS) is 18.0. The molecule has 0 amide bonds. The first-order valence-electron chi connectivity index (χ1n) is 6.71. The fourth-order valence-electron chi connectivity index (χ4n) is 2.56. The fourth-order valence-corrected chi connectivity index (χ4v) is 3.95. The number of benzene rings is 1. The second kappa shape index (κ2) is 6.30. The number of anilines is 1. The Labute approximate surface area is 137 Å². The zero-order chi connectivity index (χ0) is 14.8. The standard InChI is InChI=1S/C15H14ClFN2S2/c16-11-9-10(5-6-12(11)17)18-15(20)19-7-1-3-13(19)14-4-2-8-21-14/h2,4-6,8-9,13H,1,3,7H2,(H,18,20)/t13-/m0/s1. The molecule has 1 aromatic carbocycles. The van der Waals surface area contributed by atoms with Crippen LogP contribution in [0.5, 0.6) is 0 Å². The molecular weight excluding hydrogens is 327 g/mol. The highest BCUT2D eigenvalue weighted by Crippen LogP contribution is 2.35. The van der Waals surface area contributed by atoms with Crippen molar-refractivity contribution in [1.29, 1.82) is 0 Å². The number of rotatable bonds is 2. The lowest BCUT2D eigenvalue weighted by Gasteiger charge is -2.27. The van der Waals surface area contributed by atoms with Crippen LogP contribution >= 0.6 is 35.2 Å². The summed E-state index contributed by atoms with van der Waals surface area (Å²) in [6.07, 6.45) is 2.22. The van der Waals surface area contributed by atoms with Gasteiger partial charge >= 0.3 is 0 Å². The average molecular weight is 341 g/mol. The largest absolute Gasteiger partial charge is 0.341 e. The minimum atomic E-state index is -0.425. The average Bonchev–Trinajstić information content (AvgIpc) is 3.12. The van der Waals surface area contributed by atoms with Crippen LogP contribution in [0, 0.1) is 5.82 Å². The summed E-state index contributed by atoms with van der Waals surface area (Å²) in [5.41, 5.74) is 0.711. The first kappa shape index (κ1) is 14.8. The van der Waals surface area contributed by atoms with E-state index in [-0.39, 0.29) is 5.02 Å². The molecule has 2 nitrogen and oxygen atoms in total. The maximum atomic E-state index is 13.2. The highest BCUT2D eigenvalue weighted by Gasteiger charge is 2.28. The Morgan fingerprint density at radius 1 is 1.43 bits per heavy atom. The van der Waals surface area contributed by atoms with Crippen molar-refractivity contribution < 1.29 is 4.39 Å². The number of thiophene rings is 1. The predicted molar refractivity (Wildman–Crippen MR) is 90.6 cm³/mol. The van der Waals surface area contributed by atoms with Gasteiger partial charge in [0, 0.05) is 17.1 Å². The molecule has 1 atom stereocenters. The van der Waals surface area contributed by atoms with Crippen molar-refractivity contribution in [2.75, 3.05) is 11.9 Å². The van der Waals surface area contributed by atoms with E-state index in [0.717, 1.165) is 19.4 Å². The summed E-state index contributed by atoms with van der Waals surface area (Å²) >= 11 is 13.1. The molecule has 110 valence electrons. The molecule has 2 heterocycles. The van der Waals surface area contributed by atoms with Crippen LogP contribution in [0.2, 0.25) is 5.02 Å². The van der Waals surface area contributed by atoms with E-state index < -0.39 is 5.82 Å². The van der Waals surface area contributed by atoms with Gasteiger partial charge in [0.1, 0.15) is 5.82 Å². The van der Waals surface area contributed by atoms with Crippen molar-refractivity contribution in [1.82, 2.24) is 4.90 Å². The van der Waals surface area contributed by atoms with Gasteiger partial charge in [-0.3, -0.25) is 0 Å². The number of halogens is 2. The second-order valence-corrected chi connectivity index (χ2v) is 6.70. The van der Waals surface area contributed by atoms with E-state index in [0.29, 0.717) is 16.8 Å². The van der Waals surface area contributed by atoms with Crippen LogP contribution in [0.4, 0.5) is 10.1 Å². The summed E-state index contributed by atoms with van der Waals surface area (Å²) < 4.78 is 13.2. The van der Waals surface area contributed by atoms with Crippen molar-refractivity contribution in [2.45, 2.75) is 18.9 Å². The fraction of sp³-hybridized carbons (Fsp3) is 0.267. The molecule has 1 aliphatic heterocycles. The molecule has 0 bridgehead atoms.